The third kappa shape index (κ3) is 1.79. The van der Waals surface area contributed by atoms with Crippen molar-refractivity contribution in [2.45, 2.75) is 51.6 Å². The zero-order chi connectivity index (χ0) is 13.4. The Morgan fingerprint density at radius 3 is 2.72 bits per heavy atom. The zero-order valence-corrected chi connectivity index (χ0v) is 11.7. The van der Waals surface area contributed by atoms with Crippen LogP contribution in [0.1, 0.15) is 57.1 Å². The molecule has 1 aromatic carbocycles. The summed E-state index contributed by atoms with van der Waals surface area (Å²) in [7, 11) is 0. The first-order valence-corrected chi connectivity index (χ1v) is 7.00. The average molecular weight is 247 g/mol. The Bertz CT molecular complexity index is 425. The molecule has 0 heterocycles. The molecule has 0 spiro atoms. The van der Waals surface area contributed by atoms with Gasteiger partial charge in [0.15, 0.2) is 0 Å². The van der Waals surface area contributed by atoms with E-state index in [2.05, 4.69) is 39.0 Å². The summed E-state index contributed by atoms with van der Waals surface area (Å²) in [6.07, 6.45) is 2.73. The average Bonchev–Trinajstić information content (AvgIpc) is 2.42. The first-order chi connectivity index (χ1) is 8.48. The molecule has 18 heavy (non-hydrogen) atoms. The molecule has 2 heteroatoms. The fraction of sp³-hybridized carbons (Fsp3) is 0.625. The molecule has 0 saturated carbocycles. The number of hydrogen-bond donors (Lipinski definition) is 2. The minimum atomic E-state index is -0.778. The Morgan fingerprint density at radius 2 is 2.11 bits per heavy atom. The Hall–Kier alpha value is -0.860. The molecule has 0 bridgehead atoms. The van der Waals surface area contributed by atoms with Crippen molar-refractivity contribution in [2.75, 3.05) is 6.54 Å². The molecule has 2 rings (SSSR count). The minimum Gasteiger partial charge on any atom is -0.385 e. The van der Waals surface area contributed by atoms with E-state index in [0.29, 0.717) is 12.5 Å². The van der Waals surface area contributed by atoms with E-state index in [1.54, 1.807) is 0 Å². The lowest BCUT2D eigenvalue weighted by Crippen LogP contribution is -2.50. The molecule has 0 aromatic heterocycles. The second-order valence-electron chi connectivity index (χ2n) is 6.01. The Balaban J connectivity index is 2.56. The molecule has 1 aliphatic rings. The third-order valence-corrected chi connectivity index (χ3v) is 5.11. The minimum absolute atomic E-state index is 0.247. The molecule has 0 amide bonds. The number of rotatable bonds is 3. The fourth-order valence-electron chi connectivity index (χ4n) is 3.25. The smallest absolute Gasteiger partial charge is 0.0964 e. The quantitative estimate of drug-likeness (QED) is 0.862. The van der Waals surface area contributed by atoms with Gasteiger partial charge in [-0.2, -0.15) is 0 Å². The summed E-state index contributed by atoms with van der Waals surface area (Å²) < 4.78 is 0. The molecule has 1 aromatic rings. The third-order valence-electron chi connectivity index (χ3n) is 5.11. The largest absolute Gasteiger partial charge is 0.385 e. The van der Waals surface area contributed by atoms with Crippen LogP contribution in [0.5, 0.6) is 0 Å². The highest BCUT2D eigenvalue weighted by molar-refractivity contribution is 5.39. The van der Waals surface area contributed by atoms with Crippen molar-refractivity contribution in [3.63, 3.8) is 0 Å². The normalized spacial score (nSPS) is 30.6. The molecule has 100 valence electrons. The lowest BCUT2D eigenvalue weighted by atomic mass is 9.61. The Kier molecular flexibility index (Phi) is 3.52. The van der Waals surface area contributed by atoms with Crippen LogP contribution in [0.2, 0.25) is 0 Å². The van der Waals surface area contributed by atoms with E-state index in [1.807, 2.05) is 6.07 Å². The van der Waals surface area contributed by atoms with Gasteiger partial charge in [-0.25, -0.2) is 0 Å². The van der Waals surface area contributed by atoms with Crippen molar-refractivity contribution in [1.29, 1.82) is 0 Å². The highest BCUT2D eigenvalue weighted by Gasteiger charge is 2.49. The lowest BCUT2D eigenvalue weighted by molar-refractivity contribution is -0.0950. The molecule has 0 fully saturated rings. The van der Waals surface area contributed by atoms with Crippen molar-refractivity contribution in [2.24, 2.45) is 11.1 Å². The topological polar surface area (TPSA) is 46.2 Å². The van der Waals surface area contributed by atoms with Crippen LogP contribution in [0.15, 0.2) is 24.3 Å². The van der Waals surface area contributed by atoms with E-state index in [1.165, 1.54) is 5.56 Å². The summed E-state index contributed by atoms with van der Waals surface area (Å²) in [5, 5.41) is 11.3. The maximum atomic E-state index is 11.3. The van der Waals surface area contributed by atoms with Gasteiger partial charge in [0.05, 0.1) is 5.60 Å². The van der Waals surface area contributed by atoms with Gasteiger partial charge in [-0.1, -0.05) is 45.0 Å². The Labute approximate surface area is 110 Å². The molecular weight excluding hydrogens is 222 g/mol. The molecule has 0 radical (unpaired) electrons. The van der Waals surface area contributed by atoms with E-state index >= 15 is 0 Å². The molecular formula is C16H25NO. The van der Waals surface area contributed by atoms with Crippen molar-refractivity contribution in [1.82, 2.24) is 0 Å². The number of nitrogens with two attached hydrogens (primary N) is 1. The molecule has 1 aliphatic carbocycles. The summed E-state index contributed by atoms with van der Waals surface area (Å²) in [5.74, 6) is 0.528. The van der Waals surface area contributed by atoms with Crippen LogP contribution in [-0.2, 0) is 5.60 Å². The van der Waals surface area contributed by atoms with Crippen LogP contribution >= 0.6 is 0 Å². The van der Waals surface area contributed by atoms with Gasteiger partial charge in [-0.3, -0.25) is 0 Å². The predicted octanol–water partition coefficient (Wildman–Crippen LogP) is 3.15. The van der Waals surface area contributed by atoms with Gasteiger partial charge >= 0.3 is 0 Å². The van der Waals surface area contributed by atoms with E-state index in [9.17, 15) is 5.11 Å². The van der Waals surface area contributed by atoms with E-state index in [0.717, 1.165) is 24.8 Å². The second kappa shape index (κ2) is 4.67. The summed E-state index contributed by atoms with van der Waals surface area (Å²) in [6.45, 7) is 6.98. The first-order valence-electron chi connectivity index (χ1n) is 7.00. The van der Waals surface area contributed by atoms with Gasteiger partial charge in [-0.15, -0.1) is 0 Å². The van der Waals surface area contributed by atoms with Crippen LogP contribution in [0.25, 0.3) is 0 Å². The molecule has 3 unspecified atom stereocenters. The standard InChI is InChI=1S/C16H25NO/c1-4-15(3,11-17)16(18)10-9-12(2)13-7-5-6-8-14(13)16/h5-8,12,18H,4,9-11,17H2,1-3H3. The zero-order valence-electron chi connectivity index (χ0n) is 11.7. The second-order valence-corrected chi connectivity index (χ2v) is 6.01. The predicted molar refractivity (Wildman–Crippen MR) is 75.4 cm³/mol. The highest BCUT2D eigenvalue weighted by Crippen LogP contribution is 2.51. The monoisotopic (exact) mass is 247 g/mol. The number of hydrogen-bond acceptors (Lipinski definition) is 2. The lowest BCUT2D eigenvalue weighted by Gasteiger charge is -2.48. The van der Waals surface area contributed by atoms with E-state index in [-0.39, 0.29) is 5.41 Å². The number of fused-ring (bicyclic) bond motifs is 1. The summed E-state index contributed by atoms with van der Waals surface area (Å²) in [5.41, 5.74) is 7.33. The molecule has 3 atom stereocenters. The summed E-state index contributed by atoms with van der Waals surface area (Å²) in [4.78, 5) is 0. The van der Waals surface area contributed by atoms with Crippen molar-refractivity contribution in [3.05, 3.63) is 35.4 Å². The van der Waals surface area contributed by atoms with Gasteiger partial charge in [0.2, 0.25) is 0 Å². The van der Waals surface area contributed by atoms with Crippen molar-refractivity contribution < 1.29 is 5.11 Å². The number of aliphatic hydroxyl groups is 1. The Morgan fingerprint density at radius 1 is 1.44 bits per heavy atom. The van der Waals surface area contributed by atoms with Gasteiger partial charge in [0, 0.05) is 12.0 Å². The number of benzene rings is 1. The SMILES string of the molecule is CCC(C)(CN)C1(O)CCC(C)c2ccccc21. The maximum absolute atomic E-state index is 11.3. The van der Waals surface area contributed by atoms with Gasteiger partial charge in [0.1, 0.15) is 0 Å². The molecule has 3 N–H and O–H groups in total. The maximum Gasteiger partial charge on any atom is 0.0964 e. The van der Waals surface area contributed by atoms with Gasteiger partial charge in [0.25, 0.3) is 0 Å². The highest BCUT2D eigenvalue weighted by atomic mass is 16.3. The van der Waals surface area contributed by atoms with Crippen LogP contribution in [0.4, 0.5) is 0 Å². The van der Waals surface area contributed by atoms with Crippen LogP contribution in [0, 0.1) is 5.41 Å². The van der Waals surface area contributed by atoms with Crippen molar-refractivity contribution >= 4 is 0 Å². The van der Waals surface area contributed by atoms with Crippen LogP contribution in [0.3, 0.4) is 0 Å². The van der Waals surface area contributed by atoms with E-state index < -0.39 is 5.60 Å². The molecule has 2 nitrogen and oxygen atoms in total. The van der Waals surface area contributed by atoms with E-state index in [4.69, 9.17) is 5.73 Å². The van der Waals surface area contributed by atoms with Crippen molar-refractivity contribution in [3.8, 4) is 0 Å². The molecule has 0 saturated heterocycles. The van der Waals surface area contributed by atoms with Gasteiger partial charge in [-0.05, 0) is 36.3 Å². The van der Waals surface area contributed by atoms with Gasteiger partial charge < -0.3 is 10.8 Å². The summed E-state index contributed by atoms with van der Waals surface area (Å²) in [6, 6.07) is 8.31. The fourth-order valence-corrected chi connectivity index (χ4v) is 3.25. The van der Waals surface area contributed by atoms with Crippen LogP contribution in [-0.4, -0.2) is 11.7 Å². The summed E-state index contributed by atoms with van der Waals surface area (Å²) >= 11 is 0. The molecule has 0 aliphatic heterocycles. The first kappa shape index (κ1) is 13.6. The van der Waals surface area contributed by atoms with Crippen LogP contribution < -0.4 is 5.73 Å².